The van der Waals surface area contributed by atoms with Crippen molar-refractivity contribution in [1.29, 1.82) is 0 Å². The van der Waals surface area contributed by atoms with Gasteiger partial charge in [-0.25, -0.2) is 0 Å². The Bertz CT molecular complexity index is 164. The Morgan fingerprint density at radius 2 is 2.00 bits per heavy atom. The van der Waals surface area contributed by atoms with Crippen LogP contribution in [0.15, 0.2) is 0 Å². The van der Waals surface area contributed by atoms with Gasteiger partial charge in [-0.1, -0.05) is 26.7 Å². The minimum Gasteiger partial charge on any atom is -0.378 e. The summed E-state index contributed by atoms with van der Waals surface area (Å²) in [5, 5.41) is 0. The lowest BCUT2D eigenvalue weighted by molar-refractivity contribution is 0.00900. The maximum atomic E-state index is 6.12. The van der Waals surface area contributed by atoms with Crippen LogP contribution in [0.4, 0.5) is 0 Å². The summed E-state index contributed by atoms with van der Waals surface area (Å²) in [6.45, 7) is 5.52. The second-order valence-electron chi connectivity index (χ2n) is 5.65. The summed E-state index contributed by atoms with van der Waals surface area (Å²) in [7, 11) is 0. The lowest BCUT2D eigenvalue weighted by Gasteiger charge is -2.23. The van der Waals surface area contributed by atoms with Crippen LogP contribution in [0.5, 0.6) is 0 Å². The standard InChI is InChI=1S/C14H29NO/c1-12(2)6-5-7-13(15)9-10-14-8-3-4-11-16-14/h12-14H,3-11,15H2,1-2H3. The normalized spacial score (nSPS) is 23.6. The zero-order valence-electron chi connectivity index (χ0n) is 11.1. The third-order valence-electron chi connectivity index (χ3n) is 3.49. The van der Waals surface area contributed by atoms with Crippen molar-refractivity contribution in [2.45, 2.75) is 77.4 Å². The molecule has 0 aromatic rings. The molecule has 2 N–H and O–H groups in total. The molecule has 0 bridgehead atoms. The molecule has 2 atom stereocenters. The fourth-order valence-corrected chi connectivity index (χ4v) is 2.37. The first-order valence-corrected chi connectivity index (χ1v) is 7.05. The molecule has 1 aliphatic rings. The number of hydrogen-bond acceptors (Lipinski definition) is 2. The van der Waals surface area contributed by atoms with Gasteiger partial charge in [0.1, 0.15) is 0 Å². The monoisotopic (exact) mass is 227 g/mol. The number of nitrogens with two attached hydrogens (primary N) is 1. The zero-order valence-corrected chi connectivity index (χ0v) is 11.1. The van der Waals surface area contributed by atoms with Crippen LogP contribution >= 0.6 is 0 Å². The van der Waals surface area contributed by atoms with E-state index in [2.05, 4.69) is 13.8 Å². The Hall–Kier alpha value is -0.0800. The van der Waals surface area contributed by atoms with Gasteiger partial charge in [0.05, 0.1) is 6.10 Å². The van der Waals surface area contributed by atoms with Crippen molar-refractivity contribution in [3.8, 4) is 0 Å². The van der Waals surface area contributed by atoms with E-state index >= 15 is 0 Å². The molecule has 2 nitrogen and oxygen atoms in total. The first-order chi connectivity index (χ1) is 7.68. The molecule has 1 saturated heterocycles. The van der Waals surface area contributed by atoms with E-state index in [4.69, 9.17) is 10.5 Å². The predicted molar refractivity (Wildman–Crippen MR) is 69.5 cm³/mol. The maximum absolute atomic E-state index is 6.12. The molecular formula is C14H29NO. The molecule has 96 valence electrons. The predicted octanol–water partition coefficient (Wildman–Crippen LogP) is 3.49. The lowest BCUT2D eigenvalue weighted by atomic mass is 9.97. The van der Waals surface area contributed by atoms with Gasteiger partial charge in [0.2, 0.25) is 0 Å². The van der Waals surface area contributed by atoms with E-state index in [0.717, 1.165) is 18.9 Å². The number of rotatable bonds is 7. The quantitative estimate of drug-likeness (QED) is 0.722. The van der Waals surface area contributed by atoms with Crippen LogP contribution in [0.25, 0.3) is 0 Å². The van der Waals surface area contributed by atoms with Gasteiger partial charge in [0, 0.05) is 12.6 Å². The van der Waals surface area contributed by atoms with E-state index in [1.54, 1.807) is 0 Å². The molecule has 0 spiro atoms. The minimum atomic E-state index is 0.393. The largest absolute Gasteiger partial charge is 0.378 e. The first-order valence-electron chi connectivity index (χ1n) is 7.05. The van der Waals surface area contributed by atoms with Gasteiger partial charge in [-0.3, -0.25) is 0 Å². The van der Waals surface area contributed by atoms with Crippen molar-refractivity contribution in [3.05, 3.63) is 0 Å². The Kier molecular flexibility index (Phi) is 7.06. The third-order valence-corrected chi connectivity index (χ3v) is 3.49. The van der Waals surface area contributed by atoms with E-state index in [1.165, 1.54) is 44.9 Å². The zero-order chi connectivity index (χ0) is 11.8. The Labute approximate surface area is 101 Å². The highest BCUT2D eigenvalue weighted by atomic mass is 16.5. The Balaban J connectivity index is 1.98. The van der Waals surface area contributed by atoms with Crippen molar-refractivity contribution in [3.63, 3.8) is 0 Å². The molecule has 0 aromatic heterocycles. The summed E-state index contributed by atoms with van der Waals surface area (Å²) in [5.41, 5.74) is 6.12. The van der Waals surface area contributed by atoms with Crippen LogP contribution in [0.3, 0.4) is 0 Å². The molecule has 1 aliphatic heterocycles. The van der Waals surface area contributed by atoms with Crippen LogP contribution < -0.4 is 5.73 Å². The van der Waals surface area contributed by atoms with Gasteiger partial charge in [-0.2, -0.15) is 0 Å². The van der Waals surface area contributed by atoms with Crippen LogP contribution in [-0.4, -0.2) is 18.8 Å². The molecule has 0 radical (unpaired) electrons. The average molecular weight is 227 g/mol. The summed E-state index contributed by atoms with van der Waals surface area (Å²) >= 11 is 0. The lowest BCUT2D eigenvalue weighted by Crippen LogP contribution is -2.25. The SMILES string of the molecule is CC(C)CCCC(N)CCC1CCCCO1. The Morgan fingerprint density at radius 3 is 2.62 bits per heavy atom. The van der Waals surface area contributed by atoms with Crippen LogP contribution in [-0.2, 0) is 4.74 Å². The van der Waals surface area contributed by atoms with E-state index in [1.807, 2.05) is 0 Å². The van der Waals surface area contributed by atoms with Crippen molar-refractivity contribution < 1.29 is 4.74 Å². The van der Waals surface area contributed by atoms with E-state index in [0.29, 0.717) is 12.1 Å². The molecule has 0 amide bonds. The number of hydrogen-bond donors (Lipinski definition) is 1. The smallest absolute Gasteiger partial charge is 0.0575 e. The molecule has 1 fully saturated rings. The highest BCUT2D eigenvalue weighted by molar-refractivity contribution is 4.69. The van der Waals surface area contributed by atoms with Gasteiger partial charge in [-0.05, 0) is 44.4 Å². The maximum Gasteiger partial charge on any atom is 0.0575 e. The van der Waals surface area contributed by atoms with E-state index in [9.17, 15) is 0 Å². The fraction of sp³-hybridized carbons (Fsp3) is 1.00. The average Bonchev–Trinajstić information content (AvgIpc) is 2.27. The highest BCUT2D eigenvalue weighted by Gasteiger charge is 2.14. The summed E-state index contributed by atoms with van der Waals surface area (Å²) in [6, 6.07) is 0.393. The van der Waals surface area contributed by atoms with Crippen molar-refractivity contribution in [2.75, 3.05) is 6.61 Å². The van der Waals surface area contributed by atoms with E-state index in [-0.39, 0.29) is 0 Å². The molecule has 0 saturated carbocycles. The molecule has 1 rings (SSSR count). The molecule has 0 aliphatic carbocycles. The Morgan fingerprint density at radius 1 is 1.19 bits per heavy atom. The molecule has 0 aromatic carbocycles. The highest BCUT2D eigenvalue weighted by Crippen LogP contribution is 2.18. The second kappa shape index (κ2) is 8.08. The molecule has 2 heteroatoms. The summed E-state index contributed by atoms with van der Waals surface area (Å²) in [5.74, 6) is 0.814. The second-order valence-corrected chi connectivity index (χ2v) is 5.65. The molecule has 1 heterocycles. The van der Waals surface area contributed by atoms with Crippen molar-refractivity contribution in [2.24, 2.45) is 11.7 Å². The third kappa shape index (κ3) is 6.49. The van der Waals surface area contributed by atoms with Crippen LogP contribution in [0, 0.1) is 5.92 Å². The van der Waals surface area contributed by atoms with Gasteiger partial charge in [0.25, 0.3) is 0 Å². The van der Waals surface area contributed by atoms with E-state index < -0.39 is 0 Å². The van der Waals surface area contributed by atoms with Gasteiger partial charge < -0.3 is 10.5 Å². The fourth-order valence-electron chi connectivity index (χ4n) is 2.37. The first kappa shape index (κ1) is 14.0. The summed E-state index contributed by atoms with van der Waals surface area (Å²) < 4.78 is 5.72. The molecule has 2 unspecified atom stereocenters. The van der Waals surface area contributed by atoms with Crippen molar-refractivity contribution >= 4 is 0 Å². The van der Waals surface area contributed by atoms with Gasteiger partial charge in [-0.15, -0.1) is 0 Å². The summed E-state index contributed by atoms with van der Waals surface area (Å²) in [4.78, 5) is 0. The summed E-state index contributed by atoms with van der Waals surface area (Å²) in [6.07, 6.45) is 10.4. The topological polar surface area (TPSA) is 35.2 Å². The molecular weight excluding hydrogens is 198 g/mol. The molecule has 16 heavy (non-hydrogen) atoms. The van der Waals surface area contributed by atoms with Crippen LogP contribution in [0.2, 0.25) is 0 Å². The minimum absolute atomic E-state index is 0.393. The van der Waals surface area contributed by atoms with Gasteiger partial charge in [0.15, 0.2) is 0 Å². The van der Waals surface area contributed by atoms with Crippen molar-refractivity contribution in [1.82, 2.24) is 0 Å². The van der Waals surface area contributed by atoms with Gasteiger partial charge >= 0.3 is 0 Å². The number of ether oxygens (including phenoxy) is 1. The van der Waals surface area contributed by atoms with Crippen LogP contribution in [0.1, 0.15) is 65.2 Å².